The average molecular weight is 412 g/mol. The number of thiophene rings is 1. The molecular weight excluding hydrogens is 378 g/mol. The van der Waals surface area contributed by atoms with Crippen LogP contribution in [0.25, 0.3) is 5.57 Å². The van der Waals surface area contributed by atoms with E-state index < -0.39 is 0 Å². The molecule has 0 spiro atoms. The first-order chi connectivity index (χ1) is 13.6. The Hall–Kier alpha value is -2.20. The molecule has 4 heteroatoms. The quantitative estimate of drug-likeness (QED) is 0.363. The molecular formula is C25H33NO2S. The Bertz CT molecular complexity index is 862. The summed E-state index contributed by atoms with van der Waals surface area (Å²) in [7, 11) is 0. The molecule has 1 atom stereocenters. The fourth-order valence-electron chi connectivity index (χ4n) is 3.44. The Kier molecular flexibility index (Phi) is 7.97. The molecule has 156 valence electrons. The van der Waals surface area contributed by atoms with Crippen LogP contribution < -0.4 is 5.32 Å². The van der Waals surface area contributed by atoms with Crippen LogP contribution in [0.3, 0.4) is 0 Å². The molecule has 3 nitrogen and oxygen atoms in total. The summed E-state index contributed by atoms with van der Waals surface area (Å²) < 4.78 is 0. The lowest BCUT2D eigenvalue weighted by molar-refractivity contribution is -0.119. The molecule has 0 saturated heterocycles. The summed E-state index contributed by atoms with van der Waals surface area (Å²) in [5.41, 5.74) is 3.81. The first-order valence-corrected chi connectivity index (χ1v) is 11.1. The van der Waals surface area contributed by atoms with E-state index in [1.807, 2.05) is 31.4 Å². The maximum absolute atomic E-state index is 13.2. The Morgan fingerprint density at radius 3 is 2.66 bits per heavy atom. The van der Waals surface area contributed by atoms with Crippen molar-refractivity contribution in [3.8, 4) is 0 Å². The molecule has 1 unspecified atom stereocenters. The van der Waals surface area contributed by atoms with Crippen LogP contribution in [0.5, 0.6) is 0 Å². The zero-order valence-corrected chi connectivity index (χ0v) is 19.1. The van der Waals surface area contributed by atoms with Gasteiger partial charge in [0.1, 0.15) is 5.00 Å². The van der Waals surface area contributed by atoms with Gasteiger partial charge in [0.2, 0.25) is 5.91 Å². The lowest BCUT2D eigenvalue weighted by Crippen LogP contribution is -2.22. The van der Waals surface area contributed by atoms with Crippen LogP contribution >= 0.6 is 11.3 Å². The molecule has 1 aliphatic rings. The van der Waals surface area contributed by atoms with Gasteiger partial charge in [-0.2, -0.15) is 0 Å². The van der Waals surface area contributed by atoms with E-state index in [0.717, 1.165) is 24.0 Å². The number of allylic oxidation sites excluding steroid dienone is 7. The Morgan fingerprint density at radius 2 is 2.07 bits per heavy atom. The number of carbonyl (C=O) groups excluding carboxylic acids is 2. The minimum atomic E-state index is -0.181. The summed E-state index contributed by atoms with van der Waals surface area (Å²) in [6.45, 7) is 13.8. The molecule has 0 aliphatic heterocycles. The molecule has 2 rings (SSSR count). The highest BCUT2D eigenvalue weighted by Gasteiger charge is 2.27. The molecule has 1 aromatic heterocycles. The van der Waals surface area contributed by atoms with E-state index in [9.17, 15) is 9.59 Å². The number of nitrogens with one attached hydrogen (secondary N) is 1. The summed E-state index contributed by atoms with van der Waals surface area (Å²) in [5.74, 6) is -0.147. The molecule has 0 bridgehead atoms. The fourth-order valence-corrected chi connectivity index (χ4v) is 4.45. The fraction of sp³-hybridized carbons (Fsp3) is 0.440. The van der Waals surface area contributed by atoms with Gasteiger partial charge in [0.15, 0.2) is 5.78 Å². The smallest absolute Gasteiger partial charge is 0.228 e. The molecule has 1 N–H and O–H groups in total. The minimum absolute atomic E-state index is 0.0578. The van der Waals surface area contributed by atoms with E-state index in [2.05, 4.69) is 44.8 Å². The number of rotatable bonds is 8. The van der Waals surface area contributed by atoms with Crippen molar-refractivity contribution in [3.05, 3.63) is 59.0 Å². The SMILES string of the molecule is C=C/C=C(\C)CC(C)C(=O)Nc1scc(C2=CC=CCC2)c1C(=O)CC(C)(C)C. The first-order valence-electron chi connectivity index (χ1n) is 10.2. The number of amides is 1. The van der Waals surface area contributed by atoms with Crippen molar-refractivity contribution in [3.63, 3.8) is 0 Å². The largest absolute Gasteiger partial charge is 0.317 e. The van der Waals surface area contributed by atoms with Gasteiger partial charge in [-0.15, -0.1) is 11.3 Å². The standard InChI is InChI=1S/C25H33NO2S/c1-7-11-17(2)14-18(3)23(28)26-24-22(21(27)15-25(4,5)6)20(16-29-24)19-12-9-8-10-13-19/h7-9,11-12,16,18H,1,10,13-15H2,2-6H3,(H,26,28)/b17-11+. The van der Waals surface area contributed by atoms with Gasteiger partial charge in [0, 0.05) is 23.3 Å². The molecule has 1 aromatic rings. The normalized spacial score (nSPS) is 15.6. The van der Waals surface area contributed by atoms with E-state index in [-0.39, 0.29) is 23.0 Å². The van der Waals surface area contributed by atoms with E-state index in [0.29, 0.717) is 23.4 Å². The highest BCUT2D eigenvalue weighted by Crippen LogP contribution is 2.38. The summed E-state index contributed by atoms with van der Waals surface area (Å²) >= 11 is 1.45. The van der Waals surface area contributed by atoms with E-state index in [1.54, 1.807) is 6.08 Å². The number of anilines is 1. The Balaban J connectivity index is 2.32. The van der Waals surface area contributed by atoms with Crippen molar-refractivity contribution < 1.29 is 9.59 Å². The second-order valence-corrected chi connectivity index (χ2v) is 9.90. The summed E-state index contributed by atoms with van der Waals surface area (Å²) in [5, 5.41) is 5.74. The Morgan fingerprint density at radius 1 is 1.34 bits per heavy atom. The van der Waals surface area contributed by atoms with Crippen molar-refractivity contribution in [1.82, 2.24) is 0 Å². The maximum Gasteiger partial charge on any atom is 0.228 e. The first kappa shape index (κ1) is 23.1. The van der Waals surface area contributed by atoms with Gasteiger partial charge in [-0.1, -0.05) is 70.2 Å². The lowest BCUT2D eigenvalue weighted by atomic mass is 9.86. The molecule has 0 saturated carbocycles. The molecule has 0 radical (unpaired) electrons. The minimum Gasteiger partial charge on any atom is -0.317 e. The maximum atomic E-state index is 13.2. The topological polar surface area (TPSA) is 46.2 Å². The molecule has 1 aliphatic carbocycles. The number of hydrogen-bond donors (Lipinski definition) is 1. The summed E-state index contributed by atoms with van der Waals surface area (Å²) in [6, 6.07) is 0. The zero-order chi connectivity index (χ0) is 21.6. The lowest BCUT2D eigenvalue weighted by Gasteiger charge is -2.19. The van der Waals surface area contributed by atoms with Crippen LogP contribution in [-0.2, 0) is 4.79 Å². The van der Waals surface area contributed by atoms with Crippen LogP contribution in [0.15, 0.2) is 47.9 Å². The predicted octanol–water partition coefficient (Wildman–Crippen LogP) is 7.20. The van der Waals surface area contributed by atoms with Gasteiger partial charge < -0.3 is 5.32 Å². The van der Waals surface area contributed by atoms with Gasteiger partial charge in [-0.05, 0) is 37.2 Å². The molecule has 0 fully saturated rings. The third-order valence-corrected chi connectivity index (χ3v) is 5.73. The van der Waals surface area contributed by atoms with Crippen LogP contribution in [0.4, 0.5) is 5.00 Å². The predicted molar refractivity (Wildman–Crippen MR) is 125 cm³/mol. The van der Waals surface area contributed by atoms with Crippen molar-refractivity contribution in [1.29, 1.82) is 0 Å². The van der Waals surface area contributed by atoms with Crippen molar-refractivity contribution in [2.24, 2.45) is 11.3 Å². The summed E-state index contributed by atoms with van der Waals surface area (Å²) in [4.78, 5) is 26.0. The van der Waals surface area contributed by atoms with Gasteiger partial charge in [-0.25, -0.2) is 0 Å². The average Bonchev–Trinajstić information content (AvgIpc) is 3.04. The van der Waals surface area contributed by atoms with Crippen molar-refractivity contribution >= 4 is 33.6 Å². The third kappa shape index (κ3) is 6.67. The van der Waals surface area contributed by atoms with Crippen LogP contribution in [0, 0.1) is 11.3 Å². The van der Waals surface area contributed by atoms with Crippen LogP contribution in [-0.4, -0.2) is 11.7 Å². The van der Waals surface area contributed by atoms with Crippen LogP contribution in [0.1, 0.15) is 76.2 Å². The monoisotopic (exact) mass is 411 g/mol. The second kappa shape index (κ2) is 10.0. The second-order valence-electron chi connectivity index (χ2n) is 9.02. The molecule has 0 aromatic carbocycles. The van der Waals surface area contributed by atoms with Gasteiger partial charge >= 0.3 is 0 Å². The molecule has 1 heterocycles. The summed E-state index contributed by atoms with van der Waals surface area (Å²) in [6.07, 6.45) is 12.9. The van der Waals surface area contributed by atoms with Crippen molar-refractivity contribution in [2.75, 3.05) is 5.32 Å². The van der Waals surface area contributed by atoms with Crippen molar-refractivity contribution in [2.45, 2.75) is 60.3 Å². The highest BCUT2D eigenvalue weighted by atomic mass is 32.1. The van der Waals surface area contributed by atoms with E-state index >= 15 is 0 Å². The number of hydrogen-bond acceptors (Lipinski definition) is 3. The number of Topliss-reactive ketones (excluding diaryl/α,β-unsaturated/α-hetero) is 1. The number of carbonyl (C=O) groups is 2. The Labute approximate surface area is 179 Å². The third-order valence-electron chi connectivity index (χ3n) is 4.84. The van der Waals surface area contributed by atoms with Gasteiger partial charge in [-0.3, -0.25) is 9.59 Å². The highest BCUT2D eigenvalue weighted by molar-refractivity contribution is 7.15. The number of ketones is 1. The van der Waals surface area contributed by atoms with Gasteiger partial charge in [0.25, 0.3) is 0 Å². The van der Waals surface area contributed by atoms with Crippen LogP contribution in [0.2, 0.25) is 0 Å². The van der Waals surface area contributed by atoms with Gasteiger partial charge in [0.05, 0.1) is 5.56 Å². The zero-order valence-electron chi connectivity index (χ0n) is 18.3. The molecule has 1 amide bonds. The molecule has 29 heavy (non-hydrogen) atoms. The van der Waals surface area contributed by atoms with E-state index in [4.69, 9.17) is 0 Å². The van der Waals surface area contributed by atoms with E-state index in [1.165, 1.54) is 16.9 Å².